The van der Waals surface area contributed by atoms with Gasteiger partial charge in [-0.25, -0.2) is 4.79 Å². The maximum absolute atomic E-state index is 12.5. The zero-order valence-corrected chi connectivity index (χ0v) is 15.2. The topological polar surface area (TPSA) is 66.8 Å². The van der Waals surface area contributed by atoms with Crippen LogP contribution < -0.4 is 4.74 Å². The minimum atomic E-state index is -0.967. The Morgan fingerprint density at radius 3 is 2.24 bits per heavy atom. The van der Waals surface area contributed by atoms with Crippen molar-refractivity contribution in [1.29, 1.82) is 0 Å². The number of benzene rings is 2. The summed E-state index contributed by atoms with van der Waals surface area (Å²) in [6.45, 7) is 2.10. The van der Waals surface area contributed by atoms with E-state index in [1.807, 2.05) is 30.5 Å². The molecule has 0 aliphatic carbocycles. The van der Waals surface area contributed by atoms with Crippen LogP contribution in [-0.4, -0.2) is 41.3 Å². The fourth-order valence-electron chi connectivity index (χ4n) is 2.32. The molecule has 0 fully saturated rings. The summed E-state index contributed by atoms with van der Waals surface area (Å²) in [6, 6.07) is 14.1. The summed E-state index contributed by atoms with van der Waals surface area (Å²) >= 11 is 1.64. The Hall–Kier alpha value is -2.47. The molecule has 2 rings (SSSR count). The Kier molecular flexibility index (Phi) is 6.47. The molecule has 132 valence electrons. The summed E-state index contributed by atoms with van der Waals surface area (Å²) in [5.74, 6) is -0.459. The Morgan fingerprint density at radius 1 is 1.12 bits per heavy atom. The quantitative estimate of drug-likeness (QED) is 0.766. The van der Waals surface area contributed by atoms with E-state index in [1.54, 1.807) is 42.8 Å². The lowest BCUT2D eigenvalue weighted by Gasteiger charge is -2.22. The molecule has 0 aromatic heterocycles. The number of ether oxygens (including phenoxy) is 1. The molecule has 0 heterocycles. The number of aromatic carboxylic acids is 1. The van der Waals surface area contributed by atoms with Crippen molar-refractivity contribution in [3.8, 4) is 5.75 Å². The van der Waals surface area contributed by atoms with Gasteiger partial charge >= 0.3 is 5.97 Å². The highest BCUT2D eigenvalue weighted by molar-refractivity contribution is 7.98. The number of amides is 1. The number of hydrogen-bond donors (Lipinski definition) is 1. The van der Waals surface area contributed by atoms with Crippen LogP contribution in [-0.2, 0) is 11.3 Å². The average molecular weight is 359 g/mol. The number of hydrogen-bond acceptors (Lipinski definition) is 4. The van der Waals surface area contributed by atoms with E-state index < -0.39 is 12.1 Å². The highest BCUT2D eigenvalue weighted by atomic mass is 32.2. The van der Waals surface area contributed by atoms with Gasteiger partial charge in [0.25, 0.3) is 5.91 Å². The summed E-state index contributed by atoms with van der Waals surface area (Å²) in [7, 11) is 1.70. The molecule has 1 amide bonds. The second-order valence-electron chi connectivity index (χ2n) is 5.63. The molecule has 25 heavy (non-hydrogen) atoms. The minimum Gasteiger partial charge on any atom is -0.481 e. The normalized spacial score (nSPS) is 11.6. The molecular formula is C19H21NO4S. The van der Waals surface area contributed by atoms with Gasteiger partial charge < -0.3 is 14.7 Å². The standard InChI is InChI=1S/C19H21NO4S/c1-13(24-16-8-10-17(25-3)11-9-16)18(21)20(2)12-14-4-6-15(7-5-14)19(22)23/h4-11,13H,12H2,1-3H3,(H,22,23). The number of thioether (sulfide) groups is 1. The lowest BCUT2D eigenvalue weighted by atomic mass is 10.1. The molecule has 0 aliphatic rings. The van der Waals surface area contributed by atoms with E-state index >= 15 is 0 Å². The van der Waals surface area contributed by atoms with Gasteiger partial charge in [-0.2, -0.15) is 0 Å². The average Bonchev–Trinajstić information content (AvgIpc) is 2.62. The zero-order chi connectivity index (χ0) is 18.4. The van der Waals surface area contributed by atoms with Crippen LogP contribution in [0.4, 0.5) is 0 Å². The van der Waals surface area contributed by atoms with Crippen LogP contribution in [0.2, 0.25) is 0 Å². The van der Waals surface area contributed by atoms with Crippen molar-refractivity contribution in [3.63, 3.8) is 0 Å². The van der Waals surface area contributed by atoms with Crippen LogP contribution >= 0.6 is 11.8 Å². The number of likely N-dealkylation sites (N-methyl/N-ethyl adjacent to an activating group) is 1. The third kappa shape index (κ3) is 5.26. The molecule has 6 heteroatoms. The predicted octanol–water partition coefficient (Wildman–Crippen LogP) is 3.53. The van der Waals surface area contributed by atoms with E-state index in [1.165, 1.54) is 12.1 Å². The van der Waals surface area contributed by atoms with Crippen LogP contribution in [0.3, 0.4) is 0 Å². The summed E-state index contributed by atoms with van der Waals surface area (Å²) in [6.07, 6.45) is 1.39. The number of carbonyl (C=O) groups excluding carboxylic acids is 1. The van der Waals surface area contributed by atoms with Gasteiger partial charge in [0.05, 0.1) is 5.56 Å². The molecule has 0 spiro atoms. The first-order chi connectivity index (χ1) is 11.9. The summed E-state index contributed by atoms with van der Waals surface area (Å²) in [5, 5.41) is 8.91. The summed E-state index contributed by atoms with van der Waals surface area (Å²) < 4.78 is 5.71. The van der Waals surface area contributed by atoms with Crippen molar-refractivity contribution < 1.29 is 19.4 Å². The number of carboxylic acid groups (broad SMARTS) is 1. The maximum atomic E-state index is 12.5. The number of rotatable bonds is 7. The SMILES string of the molecule is CSc1ccc(OC(C)C(=O)N(C)Cc2ccc(C(=O)O)cc2)cc1. The Bertz CT molecular complexity index is 728. The highest BCUT2D eigenvalue weighted by Gasteiger charge is 2.19. The molecular weight excluding hydrogens is 338 g/mol. The smallest absolute Gasteiger partial charge is 0.335 e. The fourth-order valence-corrected chi connectivity index (χ4v) is 2.73. The first-order valence-corrected chi connectivity index (χ1v) is 9.01. The number of carbonyl (C=O) groups is 2. The number of carboxylic acids is 1. The van der Waals surface area contributed by atoms with Gasteiger partial charge in [-0.1, -0.05) is 12.1 Å². The molecule has 0 saturated heterocycles. The van der Waals surface area contributed by atoms with E-state index in [0.717, 1.165) is 10.5 Å². The molecule has 5 nitrogen and oxygen atoms in total. The predicted molar refractivity (Wildman–Crippen MR) is 98.2 cm³/mol. The molecule has 0 saturated carbocycles. The third-order valence-corrected chi connectivity index (χ3v) is 4.46. The molecule has 0 aliphatic heterocycles. The summed E-state index contributed by atoms with van der Waals surface area (Å²) in [4.78, 5) is 26.0. The minimum absolute atomic E-state index is 0.142. The van der Waals surface area contributed by atoms with E-state index in [4.69, 9.17) is 9.84 Å². The van der Waals surface area contributed by atoms with Crippen LogP contribution in [0.25, 0.3) is 0 Å². The monoisotopic (exact) mass is 359 g/mol. The lowest BCUT2D eigenvalue weighted by Crippen LogP contribution is -2.37. The first kappa shape index (κ1) is 18.9. The molecule has 0 radical (unpaired) electrons. The largest absolute Gasteiger partial charge is 0.481 e. The van der Waals surface area contributed by atoms with E-state index in [9.17, 15) is 9.59 Å². The van der Waals surface area contributed by atoms with Crippen molar-refractivity contribution in [1.82, 2.24) is 4.90 Å². The van der Waals surface area contributed by atoms with Crippen LogP contribution in [0, 0.1) is 0 Å². The second kappa shape index (κ2) is 8.58. The molecule has 0 bridgehead atoms. The third-order valence-electron chi connectivity index (χ3n) is 3.72. The fraction of sp³-hybridized carbons (Fsp3) is 0.263. The van der Waals surface area contributed by atoms with Gasteiger partial charge in [-0.3, -0.25) is 4.79 Å². The van der Waals surface area contributed by atoms with Gasteiger partial charge in [-0.15, -0.1) is 11.8 Å². The van der Waals surface area contributed by atoms with Gasteiger partial charge in [0.2, 0.25) is 0 Å². The van der Waals surface area contributed by atoms with Crippen LogP contribution in [0.15, 0.2) is 53.4 Å². The zero-order valence-electron chi connectivity index (χ0n) is 14.4. The maximum Gasteiger partial charge on any atom is 0.335 e. The first-order valence-electron chi connectivity index (χ1n) is 7.78. The van der Waals surface area contributed by atoms with E-state index in [-0.39, 0.29) is 11.5 Å². The molecule has 1 atom stereocenters. The van der Waals surface area contributed by atoms with Crippen molar-refractivity contribution in [2.45, 2.75) is 24.5 Å². The summed E-state index contributed by atoms with van der Waals surface area (Å²) in [5.41, 5.74) is 1.08. The van der Waals surface area contributed by atoms with E-state index in [0.29, 0.717) is 12.3 Å². The Labute approximate surface area is 151 Å². The lowest BCUT2D eigenvalue weighted by molar-refractivity contribution is -0.137. The Balaban J connectivity index is 1.94. The van der Waals surface area contributed by atoms with Crippen molar-refractivity contribution in [2.24, 2.45) is 0 Å². The van der Waals surface area contributed by atoms with Crippen LogP contribution in [0.1, 0.15) is 22.8 Å². The van der Waals surface area contributed by atoms with Crippen molar-refractivity contribution >= 4 is 23.6 Å². The molecule has 1 N–H and O–H groups in total. The number of nitrogens with zero attached hydrogens (tertiary/aromatic N) is 1. The van der Waals surface area contributed by atoms with Crippen molar-refractivity contribution in [3.05, 3.63) is 59.7 Å². The van der Waals surface area contributed by atoms with Gasteiger partial charge in [0.15, 0.2) is 6.10 Å². The molecule has 2 aromatic rings. The van der Waals surface area contributed by atoms with Gasteiger partial charge in [-0.05, 0) is 55.1 Å². The highest BCUT2D eigenvalue weighted by Crippen LogP contribution is 2.20. The van der Waals surface area contributed by atoms with Gasteiger partial charge in [0.1, 0.15) is 5.75 Å². The Morgan fingerprint density at radius 2 is 1.72 bits per heavy atom. The molecule has 2 aromatic carbocycles. The van der Waals surface area contributed by atoms with Gasteiger partial charge in [0, 0.05) is 18.5 Å². The van der Waals surface area contributed by atoms with E-state index in [2.05, 4.69) is 0 Å². The second-order valence-corrected chi connectivity index (χ2v) is 6.51. The van der Waals surface area contributed by atoms with Crippen LogP contribution in [0.5, 0.6) is 5.75 Å². The van der Waals surface area contributed by atoms with Crippen molar-refractivity contribution in [2.75, 3.05) is 13.3 Å². The molecule has 1 unspecified atom stereocenters.